The van der Waals surface area contributed by atoms with Crippen LogP contribution in [0.25, 0.3) is 0 Å². The van der Waals surface area contributed by atoms with Gasteiger partial charge in [-0.3, -0.25) is 10.1 Å². The fourth-order valence-electron chi connectivity index (χ4n) is 2.23. The van der Waals surface area contributed by atoms with Gasteiger partial charge in [-0.05, 0) is 6.07 Å². The molecule has 0 radical (unpaired) electrons. The average Bonchev–Trinajstić information content (AvgIpc) is 3.19. The molecule has 1 unspecified atom stereocenters. The van der Waals surface area contributed by atoms with Crippen LogP contribution in [-0.2, 0) is 10.2 Å². The molecule has 1 atom stereocenters. The summed E-state index contributed by atoms with van der Waals surface area (Å²) < 4.78 is 16.1. The van der Waals surface area contributed by atoms with E-state index in [1.807, 2.05) is 20.8 Å². The van der Waals surface area contributed by atoms with Gasteiger partial charge in [0.15, 0.2) is 0 Å². The molecule has 3 rings (SSSR count). The molecule has 0 aliphatic carbocycles. The van der Waals surface area contributed by atoms with Crippen LogP contribution in [0.1, 0.15) is 43.2 Å². The number of nitrogens with one attached hydrogen (secondary N) is 1. The van der Waals surface area contributed by atoms with E-state index < -0.39 is 0 Å². The van der Waals surface area contributed by atoms with Crippen molar-refractivity contribution in [3.05, 3.63) is 35.7 Å². The summed E-state index contributed by atoms with van der Waals surface area (Å²) >= 11 is 0. The van der Waals surface area contributed by atoms with E-state index in [4.69, 9.17) is 14.0 Å². The summed E-state index contributed by atoms with van der Waals surface area (Å²) in [5.74, 6) is 0.486. The quantitative estimate of drug-likeness (QED) is 0.927. The lowest BCUT2D eigenvalue weighted by molar-refractivity contribution is 0.102. The van der Waals surface area contributed by atoms with Gasteiger partial charge in [0.1, 0.15) is 6.10 Å². The zero-order valence-corrected chi connectivity index (χ0v) is 14.0. The van der Waals surface area contributed by atoms with Gasteiger partial charge >= 0.3 is 0 Å². The van der Waals surface area contributed by atoms with Crippen molar-refractivity contribution in [1.82, 2.24) is 10.1 Å². The first-order valence-electron chi connectivity index (χ1n) is 7.91. The summed E-state index contributed by atoms with van der Waals surface area (Å²) in [7, 11) is 0. The Morgan fingerprint density at radius 2 is 2.21 bits per heavy atom. The van der Waals surface area contributed by atoms with Gasteiger partial charge in [-0.25, -0.2) is 4.98 Å². The van der Waals surface area contributed by atoms with Crippen LogP contribution < -0.4 is 10.1 Å². The van der Waals surface area contributed by atoms with Gasteiger partial charge in [-0.15, -0.1) is 0 Å². The molecule has 1 aliphatic rings. The van der Waals surface area contributed by atoms with Crippen LogP contribution in [-0.4, -0.2) is 35.4 Å². The number of pyridine rings is 1. The predicted molar refractivity (Wildman–Crippen MR) is 87.2 cm³/mol. The Balaban J connectivity index is 1.61. The summed E-state index contributed by atoms with van der Waals surface area (Å²) in [5.41, 5.74) is 1.05. The van der Waals surface area contributed by atoms with Gasteiger partial charge in [0, 0.05) is 30.2 Å². The first-order chi connectivity index (χ1) is 11.4. The highest BCUT2D eigenvalue weighted by Crippen LogP contribution is 2.24. The number of aromatic nitrogens is 2. The SMILES string of the molecule is CC(C)(C)c1cc(NC(=O)c2ccc(OC3CCOC3)nc2)on1. The molecular formula is C17H21N3O4. The number of amides is 1. The Hall–Kier alpha value is -2.41. The molecule has 1 fully saturated rings. The maximum atomic E-state index is 12.2. The van der Waals surface area contributed by atoms with Gasteiger partial charge in [-0.1, -0.05) is 25.9 Å². The van der Waals surface area contributed by atoms with Gasteiger partial charge < -0.3 is 14.0 Å². The Kier molecular flexibility index (Phi) is 4.53. The van der Waals surface area contributed by atoms with E-state index in [-0.39, 0.29) is 17.4 Å². The fourth-order valence-corrected chi connectivity index (χ4v) is 2.23. The van der Waals surface area contributed by atoms with Crippen molar-refractivity contribution in [1.29, 1.82) is 0 Å². The van der Waals surface area contributed by atoms with E-state index in [1.165, 1.54) is 6.20 Å². The highest BCUT2D eigenvalue weighted by molar-refractivity contribution is 6.03. The minimum absolute atomic E-state index is 0.0298. The lowest BCUT2D eigenvalue weighted by atomic mass is 9.92. The number of ether oxygens (including phenoxy) is 2. The highest BCUT2D eigenvalue weighted by Gasteiger charge is 2.20. The van der Waals surface area contributed by atoms with E-state index in [1.54, 1.807) is 18.2 Å². The second kappa shape index (κ2) is 6.60. The molecule has 2 aromatic heterocycles. The zero-order chi connectivity index (χ0) is 17.2. The molecule has 0 bridgehead atoms. The molecule has 128 valence electrons. The molecule has 1 saturated heterocycles. The average molecular weight is 331 g/mol. The summed E-state index contributed by atoms with van der Waals surface area (Å²) in [4.78, 5) is 16.4. The Morgan fingerprint density at radius 3 is 2.79 bits per heavy atom. The van der Waals surface area contributed by atoms with Crippen LogP contribution in [0.5, 0.6) is 5.88 Å². The van der Waals surface area contributed by atoms with Gasteiger partial charge in [-0.2, -0.15) is 0 Å². The summed E-state index contributed by atoms with van der Waals surface area (Å²) in [6.07, 6.45) is 2.36. The third-order valence-electron chi connectivity index (χ3n) is 3.69. The first-order valence-corrected chi connectivity index (χ1v) is 7.91. The molecule has 1 N–H and O–H groups in total. The van der Waals surface area contributed by atoms with Crippen molar-refractivity contribution in [3.8, 4) is 5.88 Å². The first kappa shape index (κ1) is 16.4. The third kappa shape index (κ3) is 3.91. The fraction of sp³-hybridized carbons (Fsp3) is 0.471. The Labute approximate surface area is 140 Å². The standard InChI is InChI=1S/C17H21N3O4/c1-17(2,3)13-8-15(24-20-13)19-16(21)11-4-5-14(18-9-11)23-12-6-7-22-10-12/h4-5,8-9,12H,6-7,10H2,1-3H3,(H,19,21). The van der Waals surface area contributed by atoms with Crippen molar-refractivity contribution >= 4 is 11.8 Å². The van der Waals surface area contributed by atoms with E-state index in [2.05, 4.69) is 15.5 Å². The maximum absolute atomic E-state index is 12.2. The second-order valence-electron chi connectivity index (χ2n) is 6.77. The molecule has 0 aromatic carbocycles. The van der Waals surface area contributed by atoms with Crippen molar-refractivity contribution in [2.75, 3.05) is 18.5 Å². The minimum Gasteiger partial charge on any atom is -0.472 e. The molecule has 0 saturated carbocycles. The van der Waals surface area contributed by atoms with Crippen LogP contribution in [0.4, 0.5) is 5.88 Å². The molecular weight excluding hydrogens is 310 g/mol. The minimum atomic E-state index is -0.310. The summed E-state index contributed by atoms with van der Waals surface area (Å²) in [6, 6.07) is 5.06. The van der Waals surface area contributed by atoms with Crippen molar-refractivity contribution in [2.24, 2.45) is 0 Å². The molecule has 3 heterocycles. The zero-order valence-electron chi connectivity index (χ0n) is 14.0. The van der Waals surface area contributed by atoms with Crippen LogP contribution >= 0.6 is 0 Å². The highest BCUT2D eigenvalue weighted by atomic mass is 16.5. The van der Waals surface area contributed by atoms with E-state index in [0.717, 1.165) is 12.1 Å². The number of hydrogen-bond donors (Lipinski definition) is 1. The number of nitrogens with zero attached hydrogens (tertiary/aromatic N) is 2. The summed E-state index contributed by atoms with van der Waals surface area (Å²) in [6.45, 7) is 7.35. The number of carbonyl (C=O) groups is 1. The number of anilines is 1. The van der Waals surface area contributed by atoms with E-state index >= 15 is 0 Å². The molecule has 2 aromatic rings. The maximum Gasteiger partial charge on any atom is 0.259 e. The van der Waals surface area contributed by atoms with Gasteiger partial charge in [0.05, 0.1) is 24.5 Å². The number of carbonyl (C=O) groups excluding carboxylic acids is 1. The largest absolute Gasteiger partial charge is 0.472 e. The van der Waals surface area contributed by atoms with Crippen LogP contribution in [0.3, 0.4) is 0 Å². The normalized spacial score (nSPS) is 17.7. The van der Waals surface area contributed by atoms with E-state index in [0.29, 0.717) is 30.5 Å². The van der Waals surface area contributed by atoms with Crippen LogP contribution in [0.2, 0.25) is 0 Å². The van der Waals surface area contributed by atoms with E-state index in [9.17, 15) is 4.79 Å². The predicted octanol–water partition coefficient (Wildman–Crippen LogP) is 2.79. The monoisotopic (exact) mass is 331 g/mol. The lowest BCUT2D eigenvalue weighted by Gasteiger charge is -2.12. The van der Waals surface area contributed by atoms with Crippen molar-refractivity contribution < 1.29 is 18.8 Å². The van der Waals surface area contributed by atoms with Gasteiger partial charge in [0.25, 0.3) is 5.91 Å². The Bertz CT molecular complexity index is 697. The molecule has 1 aliphatic heterocycles. The molecule has 1 amide bonds. The Morgan fingerprint density at radius 1 is 1.38 bits per heavy atom. The third-order valence-corrected chi connectivity index (χ3v) is 3.69. The molecule has 0 spiro atoms. The van der Waals surface area contributed by atoms with Gasteiger partial charge in [0.2, 0.25) is 11.8 Å². The van der Waals surface area contributed by atoms with Crippen LogP contribution in [0.15, 0.2) is 28.9 Å². The molecule has 7 nitrogen and oxygen atoms in total. The van der Waals surface area contributed by atoms with Crippen LogP contribution in [0, 0.1) is 0 Å². The van der Waals surface area contributed by atoms with Crippen molar-refractivity contribution in [2.45, 2.75) is 38.7 Å². The second-order valence-corrected chi connectivity index (χ2v) is 6.77. The summed E-state index contributed by atoms with van der Waals surface area (Å²) in [5, 5.41) is 6.64. The van der Waals surface area contributed by atoms with Crippen molar-refractivity contribution in [3.63, 3.8) is 0 Å². The molecule has 24 heavy (non-hydrogen) atoms. The molecule has 7 heteroatoms. The topological polar surface area (TPSA) is 86.5 Å². The lowest BCUT2D eigenvalue weighted by Crippen LogP contribution is -2.17. The number of hydrogen-bond acceptors (Lipinski definition) is 6. The smallest absolute Gasteiger partial charge is 0.259 e. The number of rotatable bonds is 4.